The van der Waals surface area contributed by atoms with Gasteiger partial charge >= 0.3 is 11.9 Å². The lowest BCUT2D eigenvalue weighted by Crippen LogP contribution is -2.45. The molecule has 2 aromatic heterocycles. The third-order valence-electron chi connectivity index (χ3n) is 5.98. The number of para-hydroxylation sites is 1. The minimum atomic E-state index is -2.08. The van der Waals surface area contributed by atoms with Gasteiger partial charge in [0.25, 0.3) is 5.56 Å². The molecule has 2 aliphatic heterocycles. The Bertz CT molecular complexity index is 1360. The second-order valence-corrected chi connectivity index (χ2v) is 8.72. The van der Waals surface area contributed by atoms with Gasteiger partial charge < -0.3 is 19.1 Å². The number of hydrogen-bond acceptors (Lipinski definition) is 8. The van der Waals surface area contributed by atoms with Crippen LogP contribution in [0.3, 0.4) is 0 Å². The molecule has 32 heavy (non-hydrogen) atoms. The van der Waals surface area contributed by atoms with E-state index in [-0.39, 0.29) is 36.3 Å². The maximum absolute atomic E-state index is 13.3. The molecule has 0 bridgehead atoms. The molecule has 0 radical (unpaired) electrons. The molecule has 8 nitrogen and oxygen atoms in total. The zero-order valence-corrected chi connectivity index (χ0v) is 18.3. The number of rotatable bonds is 4. The summed E-state index contributed by atoms with van der Waals surface area (Å²) < 4.78 is 11.6. The van der Waals surface area contributed by atoms with E-state index in [4.69, 9.17) is 14.5 Å². The summed E-state index contributed by atoms with van der Waals surface area (Å²) in [7, 11) is 0. The Morgan fingerprint density at radius 3 is 2.91 bits per heavy atom. The molecule has 0 spiro atoms. The molecule has 9 heteroatoms. The molecule has 0 amide bonds. The van der Waals surface area contributed by atoms with Gasteiger partial charge in [-0.05, 0) is 24.5 Å². The van der Waals surface area contributed by atoms with Gasteiger partial charge in [-0.3, -0.25) is 9.59 Å². The Kier molecular flexibility index (Phi) is 4.83. The van der Waals surface area contributed by atoms with Crippen LogP contribution in [0.25, 0.3) is 22.3 Å². The van der Waals surface area contributed by atoms with Gasteiger partial charge in [0.1, 0.15) is 6.61 Å². The molecule has 1 atom stereocenters. The zero-order valence-electron chi connectivity index (χ0n) is 17.5. The Balaban J connectivity index is 1.68. The summed E-state index contributed by atoms with van der Waals surface area (Å²) in [5, 5.41) is 12.2. The fraction of sp³-hybridized carbons (Fsp3) is 0.304. The Labute approximate surface area is 187 Å². The van der Waals surface area contributed by atoms with Crippen molar-refractivity contribution in [1.82, 2.24) is 9.55 Å². The molecule has 0 unspecified atom stereocenters. The molecule has 1 aromatic carbocycles. The first-order valence-corrected chi connectivity index (χ1v) is 11.3. The number of esters is 2. The highest BCUT2D eigenvalue weighted by Gasteiger charge is 2.46. The number of aromatic nitrogens is 2. The van der Waals surface area contributed by atoms with Crippen molar-refractivity contribution in [3.63, 3.8) is 0 Å². The van der Waals surface area contributed by atoms with Crippen LogP contribution >= 0.6 is 11.8 Å². The number of carbonyl (C=O) groups excluding carboxylic acids is 2. The van der Waals surface area contributed by atoms with E-state index in [0.717, 1.165) is 21.4 Å². The molecule has 0 saturated carbocycles. The van der Waals surface area contributed by atoms with Crippen molar-refractivity contribution < 1.29 is 24.2 Å². The van der Waals surface area contributed by atoms with Gasteiger partial charge in [-0.25, -0.2) is 9.78 Å². The topological polar surface area (TPSA) is 108 Å². The van der Waals surface area contributed by atoms with E-state index in [9.17, 15) is 19.5 Å². The number of aliphatic hydroxyl groups is 1. The van der Waals surface area contributed by atoms with Crippen LogP contribution in [-0.2, 0) is 37.8 Å². The molecule has 164 valence electrons. The summed E-state index contributed by atoms with van der Waals surface area (Å²) >= 11 is 1.59. The number of benzene rings is 1. The Hall–Kier alpha value is -3.17. The highest BCUT2D eigenvalue weighted by molar-refractivity contribution is 7.98. The van der Waals surface area contributed by atoms with Gasteiger partial charge in [0.15, 0.2) is 5.60 Å². The van der Waals surface area contributed by atoms with E-state index in [1.54, 1.807) is 22.4 Å². The summed E-state index contributed by atoms with van der Waals surface area (Å²) in [6.07, 6.45) is 1.77. The van der Waals surface area contributed by atoms with Crippen LogP contribution in [0, 0.1) is 0 Å². The smallest absolute Gasteiger partial charge is 0.343 e. The fourth-order valence-corrected chi connectivity index (χ4v) is 4.96. The van der Waals surface area contributed by atoms with Crippen molar-refractivity contribution in [3.8, 4) is 11.4 Å². The molecule has 4 heterocycles. The van der Waals surface area contributed by atoms with Gasteiger partial charge in [0, 0.05) is 34.8 Å². The maximum Gasteiger partial charge on any atom is 0.343 e. The minimum Gasteiger partial charge on any atom is -0.466 e. The lowest BCUT2D eigenvalue weighted by atomic mass is 9.85. The first-order chi connectivity index (χ1) is 15.3. The van der Waals surface area contributed by atoms with Crippen LogP contribution in [-0.4, -0.2) is 39.5 Å². The molecule has 0 fully saturated rings. The highest BCUT2D eigenvalue weighted by Crippen LogP contribution is 2.39. The number of pyridine rings is 2. The number of nitrogens with zero attached hydrogens (tertiary/aromatic N) is 2. The molecule has 1 N–H and O–H groups in total. The molecule has 0 saturated heterocycles. The summed E-state index contributed by atoms with van der Waals surface area (Å²) in [5.41, 5.74) is 0.922. The zero-order chi connectivity index (χ0) is 22.6. The van der Waals surface area contributed by atoms with E-state index >= 15 is 0 Å². The summed E-state index contributed by atoms with van der Waals surface area (Å²) in [6, 6.07) is 9.63. The van der Waals surface area contributed by atoms with E-state index in [0.29, 0.717) is 17.9 Å². The van der Waals surface area contributed by atoms with Crippen molar-refractivity contribution in [2.75, 3.05) is 12.9 Å². The van der Waals surface area contributed by atoms with Gasteiger partial charge in [0.05, 0.1) is 35.6 Å². The molecule has 3 aromatic rings. The predicted molar refractivity (Wildman–Crippen MR) is 117 cm³/mol. The number of fused-ring (bicyclic) bond motifs is 5. The Morgan fingerprint density at radius 1 is 1.34 bits per heavy atom. The first-order valence-electron chi connectivity index (χ1n) is 10.1. The first kappa shape index (κ1) is 20.7. The minimum absolute atomic E-state index is 0.185. The van der Waals surface area contributed by atoms with Crippen molar-refractivity contribution >= 4 is 34.6 Å². The van der Waals surface area contributed by atoms with Crippen molar-refractivity contribution in [2.24, 2.45) is 0 Å². The molecular weight excluding hydrogens is 432 g/mol. The average molecular weight is 452 g/mol. The van der Waals surface area contributed by atoms with Crippen LogP contribution < -0.4 is 5.56 Å². The largest absolute Gasteiger partial charge is 0.466 e. The van der Waals surface area contributed by atoms with Crippen molar-refractivity contribution in [2.45, 2.75) is 37.0 Å². The van der Waals surface area contributed by atoms with Crippen LogP contribution in [0.1, 0.15) is 30.0 Å². The van der Waals surface area contributed by atoms with Crippen LogP contribution in [0.5, 0.6) is 0 Å². The monoisotopic (exact) mass is 452 g/mol. The second kappa shape index (κ2) is 7.46. The van der Waals surface area contributed by atoms with Gasteiger partial charge in [0.2, 0.25) is 0 Å². The quantitative estimate of drug-likeness (QED) is 0.371. The van der Waals surface area contributed by atoms with E-state index in [1.165, 1.54) is 6.92 Å². The van der Waals surface area contributed by atoms with Crippen LogP contribution in [0.2, 0.25) is 0 Å². The number of ether oxygens (including phenoxy) is 2. The Morgan fingerprint density at radius 2 is 2.16 bits per heavy atom. The molecule has 5 rings (SSSR count). The number of carbonyl (C=O) groups is 2. The normalized spacial score (nSPS) is 18.7. The lowest BCUT2D eigenvalue weighted by molar-refractivity contribution is -0.175. The molecular formula is C23H20N2O6S. The van der Waals surface area contributed by atoms with Crippen molar-refractivity contribution in [3.05, 3.63) is 57.4 Å². The second-order valence-electron chi connectivity index (χ2n) is 7.87. The lowest BCUT2D eigenvalue weighted by Gasteiger charge is -2.32. The van der Waals surface area contributed by atoms with E-state index in [2.05, 4.69) is 0 Å². The summed E-state index contributed by atoms with van der Waals surface area (Å²) in [4.78, 5) is 42.9. The summed E-state index contributed by atoms with van der Waals surface area (Å²) in [5.74, 6) is -1.39. The third kappa shape index (κ3) is 3.03. The molecule has 2 aliphatic rings. The van der Waals surface area contributed by atoms with Gasteiger partial charge in [-0.2, -0.15) is 0 Å². The van der Waals surface area contributed by atoms with Crippen LogP contribution in [0.15, 0.2) is 40.0 Å². The van der Waals surface area contributed by atoms with Gasteiger partial charge in [-0.15, -0.1) is 11.8 Å². The average Bonchev–Trinajstić information content (AvgIpc) is 3.12. The third-order valence-corrected chi connectivity index (χ3v) is 6.75. The van der Waals surface area contributed by atoms with E-state index < -0.39 is 17.5 Å². The number of cyclic esters (lactones) is 1. The maximum atomic E-state index is 13.3. The van der Waals surface area contributed by atoms with Crippen LogP contribution in [0.4, 0.5) is 0 Å². The standard InChI is InChI=1S/C23H20N2O6S/c1-12(26)30-7-6-23(29)16-9-17-19-14(8-13-4-3-5-18(32-2)20(13)24-19)10-25(17)21(27)15(16)11-31-22(23)28/h3-5,8-9,29H,6-7,10-11H2,1-2H3/t23-/m0/s1. The van der Waals surface area contributed by atoms with Gasteiger partial charge in [-0.1, -0.05) is 12.1 Å². The van der Waals surface area contributed by atoms with E-state index in [1.807, 2.05) is 30.5 Å². The summed E-state index contributed by atoms with van der Waals surface area (Å²) in [6.45, 7) is 1.19. The molecule has 0 aliphatic carbocycles. The SMILES string of the molecule is CSc1cccc2cc3c(nc12)-c1cc2c(c(=O)n1C3)COC(=O)[C@]2(O)CCOC(C)=O. The number of thioether (sulfide) groups is 1. The van der Waals surface area contributed by atoms with Crippen molar-refractivity contribution in [1.29, 1.82) is 0 Å². The number of hydrogen-bond donors (Lipinski definition) is 1. The predicted octanol–water partition coefficient (Wildman–Crippen LogP) is 2.34. The fourth-order valence-electron chi connectivity index (χ4n) is 4.39. The highest BCUT2D eigenvalue weighted by atomic mass is 32.2.